The lowest BCUT2D eigenvalue weighted by molar-refractivity contribution is 1.16. The molecule has 71 heavy (non-hydrogen) atoms. The van der Waals surface area contributed by atoms with Gasteiger partial charge in [-0.15, -0.1) is 0 Å². The number of para-hydroxylation sites is 2. The van der Waals surface area contributed by atoms with Gasteiger partial charge in [0.15, 0.2) is 5.82 Å². The van der Waals surface area contributed by atoms with E-state index in [4.69, 9.17) is 9.97 Å². The number of fused-ring (bicyclic) bond motifs is 8. The highest BCUT2D eigenvalue weighted by Crippen LogP contribution is 2.47. The molecule has 12 aromatic carbocycles. The Balaban J connectivity index is 0.839. The summed E-state index contributed by atoms with van der Waals surface area (Å²) >= 11 is 0. The molecule has 14 aromatic rings. The Morgan fingerprint density at radius 3 is 1.46 bits per heavy atom. The minimum atomic E-state index is 0.694. The van der Waals surface area contributed by atoms with Gasteiger partial charge in [0, 0.05) is 33.2 Å². The summed E-state index contributed by atoms with van der Waals surface area (Å²) in [4.78, 5) is 10.4. The molecule has 0 radical (unpaired) electrons. The summed E-state index contributed by atoms with van der Waals surface area (Å²) in [7, 11) is 0. The molecule has 0 aliphatic rings. The molecule has 0 aliphatic carbocycles. The highest BCUT2D eigenvalue weighted by molar-refractivity contribution is 6.28. The van der Waals surface area contributed by atoms with Crippen LogP contribution in [0.3, 0.4) is 0 Å². The summed E-state index contributed by atoms with van der Waals surface area (Å²) in [5.41, 5.74) is 15.5. The fourth-order valence-corrected chi connectivity index (χ4v) is 11.0. The van der Waals surface area contributed by atoms with Crippen molar-refractivity contribution in [3.05, 3.63) is 261 Å². The first-order valence-electron chi connectivity index (χ1n) is 24.3. The first-order chi connectivity index (χ1) is 35.2. The number of hydrogen-bond donors (Lipinski definition) is 0. The highest BCUT2D eigenvalue weighted by atomic mass is 15.0. The monoisotopic (exact) mass is 901 g/mol. The van der Waals surface area contributed by atoms with Crippen LogP contribution in [-0.4, -0.2) is 14.5 Å². The SMILES string of the molecule is c1ccc(-c2nc(-c3ccc(-c4ccc5cc(-c6c7ccccc7c(-c7ccccc7)c7ccc8ccccc8c67)ccc5c4)cc3)cc(-c3cccc(-n4c5ccccc5c5ccccc54)c3)n2)cc1. The second-order valence-electron chi connectivity index (χ2n) is 18.5. The molecule has 0 saturated heterocycles. The zero-order valence-corrected chi connectivity index (χ0v) is 38.7. The van der Waals surface area contributed by atoms with Crippen molar-refractivity contribution in [2.24, 2.45) is 0 Å². The fourth-order valence-electron chi connectivity index (χ4n) is 11.0. The lowest BCUT2D eigenvalue weighted by atomic mass is 9.83. The summed E-state index contributed by atoms with van der Waals surface area (Å²) in [5.74, 6) is 0.694. The van der Waals surface area contributed by atoms with Crippen LogP contribution in [0, 0.1) is 0 Å². The highest BCUT2D eigenvalue weighted by Gasteiger charge is 2.20. The van der Waals surface area contributed by atoms with Gasteiger partial charge in [-0.1, -0.05) is 218 Å². The molecule has 0 spiro atoms. The van der Waals surface area contributed by atoms with Gasteiger partial charge in [0.05, 0.1) is 22.4 Å². The second-order valence-corrected chi connectivity index (χ2v) is 18.5. The van der Waals surface area contributed by atoms with E-state index in [1.807, 2.05) is 18.2 Å². The van der Waals surface area contributed by atoms with Gasteiger partial charge < -0.3 is 4.57 Å². The lowest BCUT2D eigenvalue weighted by Gasteiger charge is -2.19. The Labute approximate surface area is 411 Å². The van der Waals surface area contributed by atoms with Crippen LogP contribution >= 0.6 is 0 Å². The van der Waals surface area contributed by atoms with Crippen LogP contribution in [-0.2, 0) is 0 Å². The van der Waals surface area contributed by atoms with Gasteiger partial charge in [-0.3, -0.25) is 0 Å². The average Bonchev–Trinajstić information content (AvgIpc) is 3.79. The second kappa shape index (κ2) is 16.7. The van der Waals surface area contributed by atoms with Crippen LogP contribution < -0.4 is 0 Å². The predicted octanol–water partition coefficient (Wildman–Crippen LogP) is 18.2. The van der Waals surface area contributed by atoms with E-state index in [0.717, 1.165) is 39.3 Å². The van der Waals surface area contributed by atoms with Gasteiger partial charge in [-0.2, -0.15) is 0 Å². The summed E-state index contributed by atoms with van der Waals surface area (Å²) < 4.78 is 2.36. The topological polar surface area (TPSA) is 30.7 Å². The molecule has 2 aromatic heterocycles. The Hall–Kier alpha value is -9.44. The van der Waals surface area contributed by atoms with Crippen molar-refractivity contribution in [1.82, 2.24) is 14.5 Å². The molecule has 0 atom stereocenters. The maximum Gasteiger partial charge on any atom is 0.160 e. The van der Waals surface area contributed by atoms with Crippen LogP contribution in [0.1, 0.15) is 0 Å². The standard InChI is InChI=1S/C68H43N3/c1-3-17-47(18-4-1)65-58-26-9-10-27-59(58)66(67-55-23-8-7-16-45(55)38-39-60(65)67)53-37-36-50-40-49(34-35-51(50)41-53)44-30-32-46(33-31-44)61-43-62(70-68(69-61)48-19-5-2-6-20-48)52-21-15-22-54(42-52)71-63-28-13-11-24-56(63)57-25-12-14-29-64(57)71/h1-43H. The first-order valence-corrected chi connectivity index (χ1v) is 24.3. The molecule has 0 unspecified atom stereocenters. The summed E-state index contributed by atoms with van der Waals surface area (Å²) in [6.07, 6.45) is 0. The van der Waals surface area contributed by atoms with E-state index in [1.165, 1.54) is 92.7 Å². The van der Waals surface area contributed by atoms with Gasteiger partial charge in [0.2, 0.25) is 0 Å². The van der Waals surface area contributed by atoms with Gasteiger partial charge >= 0.3 is 0 Å². The van der Waals surface area contributed by atoms with Gasteiger partial charge in [-0.05, 0) is 119 Å². The van der Waals surface area contributed by atoms with Gasteiger partial charge in [0.25, 0.3) is 0 Å². The molecule has 0 amide bonds. The van der Waals surface area contributed by atoms with E-state index in [0.29, 0.717) is 5.82 Å². The molecule has 0 aliphatic heterocycles. The maximum absolute atomic E-state index is 5.21. The largest absolute Gasteiger partial charge is 0.309 e. The zero-order valence-electron chi connectivity index (χ0n) is 38.7. The van der Waals surface area contributed by atoms with Crippen LogP contribution in [0.5, 0.6) is 0 Å². The Morgan fingerprint density at radius 1 is 0.254 bits per heavy atom. The van der Waals surface area contributed by atoms with Crippen molar-refractivity contribution in [3.8, 4) is 73.0 Å². The van der Waals surface area contributed by atoms with E-state index < -0.39 is 0 Å². The van der Waals surface area contributed by atoms with E-state index in [1.54, 1.807) is 0 Å². The average molecular weight is 902 g/mol. The molecular weight excluding hydrogens is 859 g/mol. The number of benzene rings is 12. The molecule has 14 rings (SSSR count). The molecule has 2 heterocycles. The van der Waals surface area contributed by atoms with E-state index >= 15 is 0 Å². The van der Waals surface area contributed by atoms with Crippen molar-refractivity contribution in [3.63, 3.8) is 0 Å². The molecule has 3 nitrogen and oxygen atoms in total. The minimum Gasteiger partial charge on any atom is -0.309 e. The summed E-state index contributed by atoms with van der Waals surface area (Å²) in [6.45, 7) is 0. The molecular formula is C68H43N3. The van der Waals surface area contributed by atoms with Crippen molar-refractivity contribution in [1.29, 1.82) is 0 Å². The maximum atomic E-state index is 5.21. The molecule has 0 saturated carbocycles. The fraction of sp³-hybridized carbons (Fsp3) is 0. The third-order valence-corrected chi connectivity index (χ3v) is 14.4. The minimum absolute atomic E-state index is 0.694. The first kappa shape index (κ1) is 40.6. The number of nitrogens with zero attached hydrogens (tertiary/aromatic N) is 3. The Bertz CT molecular complexity index is 4330. The van der Waals surface area contributed by atoms with E-state index in [9.17, 15) is 0 Å². The predicted molar refractivity (Wildman–Crippen MR) is 299 cm³/mol. The van der Waals surface area contributed by atoms with Crippen LogP contribution in [0.25, 0.3) is 138 Å². The van der Waals surface area contributed by atoms with Crippen molar-refractivity contribution in [2.75, 3.05) is 0 Å². The van der Waals surface area contributed by atoms with Crippen LogP contribution in [0.2, 0.25) is 0 Å². The zero-order chi connectivity index (χ0) is 46.8. The third-order valence-electron chi connectivity index (χ3n) is 14.4. The van der Waals surface area contributed by atoms with Crippen molar-refractivity contribution < 1.29 is 0 Å². The number of hydrogen-bond acceptors (Lipinski definition) is 2. The van der Waals surface area contributed by atoms with E-state index in [-0.39, 0.29) is 0 Å². The van der Waals surface area contributed by atoms with Gasteiger partial charge in [-0.25, -0.2) is 9.97 Å². The van der Waals surface area contributed by atoms with Gasteiger partial charge in [0.1, 0.15) is 0 Å². The lowest BCUT2D eigenvalue weighted by Crippen LogP contribution is -1.97. The summed E-state index contributed by atoms with van der Waals surface area (Å²) in [5, 5.41) is 12.5. The third kappa shape index (κ3) is 6.89. The smallest absolute Gasteiger partial charge is 0.160 e. The quantitative estimate of drug-likeness (QED) is 0.118. The summed E-state index contributed by atoms with van der Waals surface area (Å²) in [6, 6.07) is 94.2. The van der Waals surface area contributed by atoms with Crippen LogP contribution in [0.15, 0.2) is 261 Å². The number of rotatable bonds is 7. The molecule has 3 heteroatoms. The molecule has 0 bridgehead atoms. The molecule has 330 valence electrons. The Kier molecular flexibility index (Phi) is 9.53. The van der Waals surface area contributed by atoms with Crippen molar-refractivity contribution in [2.45, 2.75) is 0 Å². The van der Waals surface area contributed by atoms with Crippen LogP contribution in [0.4, 0.5) is 0 Å². The van der Waals surface area contributed by atoms with Crippen molar-refractivity contribution >= 4 is 64.9 Å². The number of aromatic nitrogens is 3. The van der Waals surface area contributed by atoms with E-state index in [2.05, 4.69) is 247 Å². The Morgan fingerprint density at radius 2 is 0.761 bits per heavy atom. The molecule has 0 N–H and O–H groups in total. The molecule has 0 fully saturated rings. The normalized spacial score (nSPS) is 11.7.